The van der Waals surface area contributed by atoms with E-state index in [4.69, 9.17) is 4.74 Å². The number of likely N-dealkylation sites (N-methyl/N-ethyl adjacent to an activating group) is 1. The maximum absolute atomic E-state index is 12.1. The molecule has 1 aromatic carbocycles. The van der Waals surface area contributed by atoms with E-state index >= 15 is 0 Å². The first-order valence-electron chi connectivity index (χ1n) is 5.27. The summed E-state index contributed by atoms with van der Waals surface area (Å²) in [6, 6.07) is 6.34. The first kappa shape index (κ1) is 15.6. The molecule has 18 heavy (non-hydrogen) atoms. The lowest BCUT2D eigenvalue weighted by Crippen LogP contribution is -2.36. The van der Waals surface area contributed by atoms with Crippen molar-refractivity contribution in [3.63, 3.8) is 0 Å². The van der Waals surface area contributed by atoms with Crippen LogP contribution in [-0.2, 0) is 14.8 Å². The zero-order valence-corrected chi connectivity index (χ0v) is 12.6. The molecule has 1 aromatic rings. The Kier molecular flexibility index (Phi) is 5.74. The molecule has 1 N–H and O–H groups in total. The second-order valence-corrected chi connectivity index (χ2v) is 6.81. The van der Waals surface area contributed by atoms with Crippen LogP contribution in [0, 0.1) is 0 Å². The maximum Gasteiger partial charge on any atom is 0.242 e. The largest absolute Gasteiger partial charge is 0.389 e. The number of aliphatic hydroxyl groups excluding tert-OH is 1. The molecule has 0 aliphatic carbocycles. The molecule has 0 bridgehead atoms. The summed E-state index contributed by atoms with van der Waals surface area (Å²) < 4.78 is 31.0. The number of ether oxygens (including phenoxy) is 1. The molecule has 0 radical (unpaired) electrons. The van der Waals surface area contributed by atoms with Crippen LogP contribution < -0.4 is 0 Å². The molecular weight excluding hydrogens is 322 g/mol. The first-order chi connectivity index (χ1) is 8.37. The summed E-state index contributed by atoms with van der Waals surface area (Å²) in [4.78, 5) is 0.192. The molecule has 0 saturated heterocycles. The molecule has 0 amide bonds. The SMILES string of the molecule is COCC(O)CN(C)S(=O)(=O)c1ccc(Br)cc1. The van der Waals surface area contributed by atoms with Gasteiger partial charge in [-0.15, -0.1) is 0 Å². The quantitative estimate of drug-likeness (QED) is 0.843. The van der Waals surface area contributed by atoms with Gasteiger partial charge in [0.1, 0.15) is 0 Å². The highest BCUT2D eigenvalue weighted by molar-refractivity contribution is 9.10. The molecule has 0 fully saturated rings. The Bertz CT molecular complexity index is 474. The molecule has 0 spiro atoms. The topological polar surface area (TPSA) is 66.8 Å². The molecule has 7 heteroatoms. The van der Waals surface area contributed by atoms with Gasteiger partial charge in [0.2, 0.25) is 10.0 Å². The zero-order valence-electron chi connectivity index (χ0n) is 10.2. The van der Waals surface area contributed by atoms with E-state index in [1.165, 1.54) is 26.3 Å². The smallest absolute Gasteiger partial charge is 0.242 e. The summed E-state index contributed by atoms with van der Waals surface area (Å²) in [7, 11) is -0.694. The number of rotatable bonds is 6. The summed E-state index contributed by atoms with van der Waals surface area (Å²) in [5, 5.41) is 9.54. The maximum atomic E-state index is 12.1. The van der Waals surface area contributed by atoms with Crippen molar-refractivity contribution in [2.24, 2.45) is 0 Å². The van der Waals surface area contributed by atoms with Crippen LogP contribution >= 0.6 is 15.9 Å². The Morgan fingerprint density at radius 3 is 2.44 bits per heavy atom. The summed E-state index contributed by atoms with van der Waals surface area (Å²) in [5.74, 6) is 0. The minimum atomic E-state index is -3.57. The third-order valence-electron chi connectivity index (χ3n) is 2.35. The average Bonchev–Trinajstić information content (AvgIpc) is 2.29. The molecule has 0 saturated carbocycles. The Labute approximate surface area is 116 Å². The zero-order chi connectivity index (χ0) is 13.8. The summed E-state index contributed by atoms with van der Waals surface area (Å²) >= 11 is 3.25. The fourth-order valence-electron chi connectivity index (χ4n) is 1.43. The van der Waals surface area contributed by atoms with Gasteiger partial charge in [-0.3, -0.25) is 0 Å². The van der Waals surface area contributed by atoms with Crippen molar-refractivity contribution in [2.75, 3.05) is 27.3 Å². The summed E-state index contributed by atoms with van der Waals surface area (Å²) in [6.45, 7) is 0.0897. The van der Waals surface area contributed by atoms with E-state index in [0.717, 1.165) is 8.78 Å². The van der Waals surface area contributed by atoms with E-state index in [0.29, 0.717) is 0 Å². The number of hydrogen-bond donors (Lipinski definition) is 1. The number of nitrogens with zero attached hydrogens (tertiary/aromatic N) is 1. The van der Waals surface area contributed by atoms with E-state index in [-0.39, 0.29) is 18.0 Å². The lowest BCUT2D eigenvalue weighted by Gasteiger charge is -2.20. The lowest BCUT2D eigenvalue weighted by molar-refractivity contribution is 0.0554. The monoisotopic (exact) mass is 337 g/mol. The highest BCUT2D eigenvalue weighted by atomic mass is 79.9. The fraction of sp³-hybridized carbons (Fsp3) is 0.455. The third-order valence-corrected chi connectivity index (χ3v) is 4.71. The number of aliphatic hydroxyl groups is 1. The summed E-state index contributed by atoms with van der Waals surface area (Å²) in [6.07, 6.45) is -0.842. The molecule has 0 aromatic heterocycles. The van der Waals surface area contributed by atoms with Crippen molar-refractivity contribution in [1.29, 1.82) is 0 Å². The second kappa shape index (κ2) is 6.63. The van der Waals surface area contributed by atoms with Crippen LogP contribution in [0.25, 0.3) is 0 Å². The van der Waals surface area contributed by atoms with Gasteiger partial charge in [-0.1, -0.05) is 15.9 Å². The van der Waals surface area contributed by atoms with Crippen LogP contribution in [-0.4, -0.2) is 51.2 Å². The van der Waals surface area contributed by atoms with Crippen molar-refractivity contribution >= 4 is 26.0 Å². The standard InChI is InChI=1S/C11H16BrNO4S/c1-13(7-10(14)8-17-2)18(15,16)11-5-3-9(12)4-6-11/h3-6,10,14H,7-8H2,1-2H3. The average molecular weight is 338 g/mol. The molecule has 102 valence electrons. The van der Waals surface area contributed by atoms with Gasteiger partial charge < -0.3 is 9.84 Å². The van der Waals surface area contributed by atoms with Crippen LogP contribution in [0.4, 0.5) is 0 Å². The predicted molar refractivity (Wildman–Crippen MR) is 71.8 cm³/mol. The van der Waals surface area contributed by atoms with E-state index in [9.17, 15) is 13.5 Å². The van der Waals surface area contributed by atoms with Crippen LogP contribution in [0.2, 0.25) is 0 Å². The van der Waals surface area contributed by atoms with Gasteiger partial charge in [-0.25, -0.2) is 8.42 Å². The van der Waals surface area contributed by atoms with Crippen LogP contribution in [0.1, 0.15) is 0 Å². The van der Waals surface area contributed by atoms with Crippen molar-refractivity contribution < 1.29 is 18.3 Å². The van der Waals surface area contributed by atoms with E-state index in [1.54, 1.807) is 12.1 Å². The van der Waals surface area contributed by atoms with Gasteiger partial charge in [-0.2, -0.15) is 4.31 Å². The minimum Gasteiger partial charge on any atom is -0.389 e. The molecular formula is C11H16BrNO4S. The molecule has 1 atom stereocenters. The number of hydrogen-bond acceptors (Lipinski definition) is 4. The highest BCUT2D eigenvalue weighted by Crippen LogP contribution is 2.17. The van der Waals surface area contributed by atoms with Gasteiger partial charge in [-0.05, 0) is 24.3 Å². The van der Waals surface area contributed by atoms with Crippen molar-refractivity contribution in [3.05, 3.63) is 28.7 Å². The molecule has 0 aliphatic rings. The summed E-state index contributed by atoms with van der Waals surface area (Å²) in [5.41, 5.74) is 0. The van der Waals surface area contributed by atoms with Crippen molar-refractivity contribution in [3.8, 4) is 0 Å². The normalized spacial score (nSPS) is 13.8. The fourth-order valence-corrected chi connectivity index (χ4v) is 2.90. The van der Waals surface area contributed by atoms with Gasteiger partial charge in [0.15, 0.2) is 0 Å². The Hall–Kier alpha value is -0.470. The first-order valence-corrected chi connectivity index (χ1v) is 7.50. The van der Waals surface area contributed by atoms with E-state index in [2.05, 4.69) is 15.9 Å². The van der Waals surface area contributed by atoms with Crippen LogP contribution in [0.15, 0.2) is 33.6 Å². The molecule has 1 unspecified atom stereocenters. The van der Waals surface area contributed by atoms with Gasteiger partial charge in [0, 0.05) is 25.2 Å². The second-order valence-electron chi connectivity index (χ2n) is 3.85. The Balaban J connectivity index is 2.83. The van der Waals surface area contributed by atoms with Gasteiger partial charge in [0.05, 0.1) is 17.6 Å². The number of benzene rings is 1. The van der Waals surface area contributed by atoms with Gasteiger partial charge >= 0.3 is 0 Å². The molecule has 5 nitrogen and oxygen atoms in total. The van der Waals surface area contributed by atoms with E-state index in [1.807, 2.05) is 0 Å². The molecule has 0 heterocycles. The Morgan fingerprint density at radius 2 is 1.94 bits per heavy atom. The van der Waals surface area contributed by atoms with E-state index < -0.39 is 16.1 Å². The number of methoxy groups -OCH3 is 1. The molecule has 0 aliphatic heterocycles. The third kappa shape index (κ3) is 4.03. The minimum absolute atomic E-state index is 0.00770. The Morgan fingerprint density at radius 1 is 1.39 bits per heavy atom. The highest BCUT2D eigenvalue weighted by Gasteiger charge is 2.22. The van der Waals surface area contributed by atoms with Crippen LogP contribution in [0.3, 0.4) is 0 Å². The van der Waals surface area contributed by atoms with Crippen molar-refractivity contribution in [1.82, 2.24) is 4.31 Å². The van der Waals surface area contributed by atoms with Gasteiger partial charge in [0.25, 0.3) is 0 Å². The molecule has 1 rings (SSSR count). The predicted octanol–water partition coefficient (Wildman–Crippen LogP) is 1.08. The number of sulfonamides is 1. The van der Waals surface area contributed by atoms with Crippen molar-refractivity contribution in [2.45, 2.75) is 11.0 Å². The lowest BCUT2D eigenvalue weighted by atomic mass is 10.4. The van der Waals surface area contributed by atoms with Crippen LogP contribution in [0.5, 0.6) is 0 Å². The number of halogens is 1.